The SMILES string of the molecule is CCOc1ccc(NC(CC(=O)c2ccc(OC)c(OC)c2)c2ccc(Br)cc2)cc1. The first kappa shape index (κ1) is 22.7. The summed E-state index contributed by atoms with van der Waals surface area (Å²) >= 11 is 3.47. The molecule has 3 rings (SSSR count). The Hall–Kier alpha value is -2.99. The Balaban J connectivity index is 1.84. The number of rotatable bonds is 10. The van der Waals surface area contributed by atoms with Crippen LogP contribution < -0.4 is 19.5 Å². The average molecular weight is 484 g/mol. The van der Waals surface area contributed by atoms with Crippen molar-refractivity contribution < 1.29 is 19.0 Å². The third-order valence-electron chi connectivity index (χ3n) is 4.87. The van der Waals surface area contributed by atoms with Crippen LogP contribution in [0.15, 0.2) is 71.2 Å². The van der Waals surface area contributed by atoms with Gasteiger partial charge in [-0.3, -0.25) is 4.79 Å². The molecular formula is C25H26BrNO4. The highest BCUT2D eigenvalue weighted by molar-refractivity contribution is 9.10. The maximum absolute atomic E-state index is 13.1. The molecule has 0 heterocycles. The molecule has 0 saturated heterocycles. The number of hydrogen-bond acceptors (Lipinski definition) is 5. The second-order valence-corrected chi connectivity index (χ2v) is 7.82. The van der Waals surface area contributed by atoms with Crippen molar-refractivity contribution in [3.63, 3.8) is 0 Å². The maximum Gasteiger partial charge on any atom is 0.165 e. The molecule has 0 amide bonds. The second kappa shape index (κ2) is 10.9. The lowest BCUT2D eigenvalue weighted by Crippen LogP contribution is -2.16. The van der Waals surface area contributed by atoms with Crippen LogP contribution in [-0.4, -0.2) is 26.6 Å². The van der Waals surface area contributed by atoms with Crippen molar-refractivity contribution in [3.8, 4) is 17.2 Å². The normalized spacial score (nSPS) is 11.5. The first-order chi connectivity index (χ1) is 15.0. The van der Waals surface area contributed by atoms with Crippen molar-refractivity contribution >= 4 is 27.4 Å². The number of ketones is 1. The number of hydrogen-bond donors (Lipinski definition) is 1. The van der Waals surface area contributed by atoms with Gasteiger partial charge in [0, 0.05) is 22.1 Å². The van der Waals surface area contributed by atoms with E-state index in [0.717, 1.165) is 21.5 Å². The fraction of sp³-hybridized carbons (Fsp3) is 0.240. The summed E-state index contributed by atoms with van der Waals surface area (Å²) in [6.45, 7) is 2.57. The molecule has 3 aromatic carbocycles. The lowest BCUT2D eigenvalue weighted by atomic mass is 9.97. The number of carbonyl (C=O) groups excluding carboxylic acids is 1. The zero-order valence-corrected chi connectivity index (χ0v) is 19.4. The molecule has 1 unspecified atom stereocenters. The highest BCUT2D eigenvalue weighted by Gasteiger charge is 2.19. The van der Waals surface area contributed by atoms with E-state index in [1.807, 2.05) is 55.5 Å². The van der Waals surface area contributed by atoms with Gasteiger partial charge in [-0.15, -0.1) is 0 Å². The van der Waals surface area contributed by atoms with Gasteiger partial charge in [0.15, 0.2) is 17.3 Å². The van der Waals surface area contributed by atoms with Gasteiger partial charge in [0.1, 0.15) is 5.75 Å². The highest BCUT2D eigenvalue weighted by Crippen LogP contribution is 2.31. The van der Waals surface area contributed by atoms with Gasteiger partial charge in [0.25, 0.3) is 0 Å². The minimum Gasteiger partial charge on any atom is -0.494 e. The Bertz CT molecular complexity index is 1000. The molecule has 3 aromatic rings. The van der Waals surface area contributed by atoms with Crippen molar-refractivity contribution in [2.75, 3.05) is 26.1 Å². The quantitative estimate of drug-likeness (QED) is 0.343. The number of methoxy groups -OCH3 is 2. The van der Waals surface area contributed by atoms with Crippen LogP contribution in [0, 0.1) is 0 Å². The van der Waals surface area contributed by atoms with E-state index in [4.69, 9.17) is 14.2 Å². The average Bonchev–Trinajstić information content (AvgIpc) is 2.80. The van der Waals surface area contributed by atoms with Crippen LogP contribution in [0.1, 0.15) is 35.3 Å². The van der Waals surface area contributed by atoms with Crippen molar-refractivity contribution in [3.05, 3.63) is 82.3 Å². The van der Waals surface area contributed by atoms with Crippen molar-refractivity contribution in [1.82, 2.24) is 0 Å². The summed E-state index contributed by atoms with van der Waals surface area (Å²) in [6, 6.07) is 20.8. The Morgan fingerprint density at radius 2 is 1.61 bits per heavy atom. The van der Waals surface area contributed by atoms with Crippen LogP contribution in [0.2, 0.25) is 0 Å². The van der Waals surface area contributed by atoms with E-state index < -0.39 is 0 Å². The van der Waals surface area contributed by atoms with Gasteiger partial charge >= 0.3 is 0 Å². The maximum atomic E-state index is 13.1. The van der Waals surface area contributed by atoms with E-state index in [1.54, 1.807) is 32.4 Å². The minimum atomic E-state index is -0.202. The van der Waals surface area contributed by atoms with Gasteiger partial charge < -0.3 is 19.5 Å². The first-order valence-corrected chi connectivity index (χ1v) is 10.8. The fourth-order valence-corrected chi connectivity index (χ4v) is 3.54. The number of anilines is 1. The molecule has 0 fully saturated rings. The zero-order valence-electron chi connectivity index (χ0n) is 17.9. The van der Waals surface area contributed by atoms with Gasteiger partial charge in [-0.2, -0.15) is 0 Å². The van der Waals surface area contributed by atoms with Gasteiger partial charge in [-0.1, -0.05) is 28.1 Å². The summed E-state index contributed by atoms with van der Waals surface area (Å²) < 4.78 is 17.1. The van der Waals surface area contributed by atoms with E-state index in [9.17, 15) is 4.79 Å². The second-order valence-electron chi connectivity index (χ2n) is 6.90. The van der Waals surface area contributed by atoms with E-state index >= 15 is 0 Å². The molecule has 0 aliphatic heterocycles. The predicted molar refractivity (Wildman–Crippen MR) is 127 cm³/mol. The molecule has 5 nitrogen and oxygen atoms in total. The van der Waals surface area contributed by atoms with Crippen molar-refractivity contribution in [2.45, 2.75) is 19.4 Å². The summed E-state index contributed by atoms with van der Waals surface area (Å²) in [5.74, 6) is 1.95. The number of nitrogens with one attached hydrogen (secondary N) is 1. The van der Waals surface area contributed by atoms with Crippen LogP contribution in [0.25, 0.3) is 0 Å². The van der Waals surface area contributed by atoms with Crippen LogP contribution in [0.5, 0.6) is 17.2 Å². The molecule has 162 valence electrons. The monoisotopic (exact) mass is 483 g/mol. The van der Waals surface area contributed by atoms with Crippen molar-refractivity contribution in [2.24, 2.45) is 0 Å². The third kappa shape index (κ3) is 6.01. The smallest absolute Gasteiger partial charge is 0.165 e. The molecule has 0 bridgehead atoms. The Labute approximate surface area is 191 Å². The van der Waals surface area contributed by atoms with E-state index in [0.29, 0.717) is 23.7 Å². The molecular weight excluding hydrogens is 458 g/mol. The molecule has 0 saturated carbocycles. The van der Waals surface area contributed by atoms with Crippen molar-refractivity contribution in [1.29, 1.82) is 0 Å². The summed E-state index contributed by atoms with van der Waals surface area (Å²) in [6.07, 6.45) is 0.282. The van der Waals surface area contributed by atoms with Gasteiger partial charge in [0.05, 0.1) is 26.9 Å². The molecule has 0 aliphatic rings. The summed E-state index contributed by atoms with van der Waals surface area (Å²) in [7, 11) is 3.13. The Morgan fingerprint density at radius 3 is 2.23 bits per heavy atom. The number of halogens is 1. The van der Waals surface area contributed by atoms with E-state index in [-0.39, 0.29) is 18.2 Å². The lowest BCUT2D eigenvalue weighted by Gasteiger charge is -2.21. The topological polar surface area (TPSA) is 56.8 Å². The fourth-order valence-electron chi connectivity index (χ4n) is 3.28. The predicted octanol–water partition coefficient (Wildman–Crippen LogP) is 6.29. The number of Topliss-reactive ketones (excluding diaryl/α,β-unsaturated/α-hetero) is 1. The summed E-state index contributed by atoms with van der Waals surface area (Å²) in [5.41, 5.74) is 2.51. The van der Waals surface area contributed by atoms with Crippen LogP contribution in [0.4, 0.5) is 5.69 Å². The third-order valence-corrected chi connectivity index (χ3v) is 5.40. The largest absolute Gasteiger partial charge is 0.494 e. The molecule has 0 aliphatic carbocycles. The highest BCUT2D eigenvalue weighted by atomic mass is 79.9. The molecule has 0 spiro atoms. The lowest BCUT2D eigenvalue weighted by molar-refractivity contribution is 0.0976. The molecule has 1 N–H and O–H groups in total. The standard InChI is InChI=1S/C25H26BrNO4/c1-4-31-21-12-10-20(11-13-21)27-22(17-5-8-19(26)9-6-17)16-23(28)18-7-14-24(29-2)25(15-18)30-3/h5-15,22,27H,4,16H2,1-3H3. The summed E-state index contributed by atoms with van der Waals surface area (Å²) in [4.78, 5) is 13.1. The minimum absolute atomic E-state index is 0.00677. The molecule has 6 heteroatoms. The zero-order chi connectivity index (χ0) is 22.2. The van der Waals surface area contributed by atoms with Gasteiger partial charge in [-0.05, 0) is 67.1 Å². The van der Waals surface area contributed by atoms with E-state index in [2.05, 4.69) is 21.2 Å². The molecule has 0 radical (unpaired) electrons. The van der Waals surface area contributed by atoms with Crippen LogP contribution >= 0.6 is 15.9 Å². The van der Waals surface area contributed by atoms with Gasteiger partial charge in [0.2, 0.25) is 0 Å². The first-order valence-electron chi connectivity index (χ1n) is 10.0. The molecule has 31 heavy (non-hydrogen) atoms. The number of ether oxygens (including phenoxy) is 3. The van der Waals surface area contributed by atoms with E-state index in [1.165, 1.54) is 0 Å². The molecule has 0 aromatic heterocycles. The molecule has 1 atom stereocenters. The van der Waals surface area contributed by atoms with Gasteiger partial charge in [-0.25, -0.2) is 0 Å². The number of carbonyl (C=O) groups is 1. The van der Waals surface area contributed by atoms with Crippen LogP contribution in [-0.2, 0) is 0 Å². The summed E-state index contributed by atoms with van der Waals surface area (Å²) in [5, 5.41) is 3.49. The van der Waals surface area contributed by atoms with Crippen LogP contribution in [0.3, 0.4) is 0 Å². The Kier molecular flexibility index (Phi) is 7.95. The Morgan fingerprint density at radius 1 is 0.935 bits per heavy atom. The number of benzene rings is 3.